The van der Waals surface area contributed by atoms with Gasteiger partial charge in [-0.15, -0.1) is 0 Å². The van der Waals surface area contributed by atoms with Crippen molar-refractivity contribution in [1.29, 1.82) is 0 Å². The molecule has 0 bridgehead atoms. The van der Waals surface area contributed by atoms with Crippen LogP contribution >= 0.6 is 0 Å². The van der Waals surface area contributed by atoms with Gasteiger partial charge in [0.1, 0.15) is 0 Å². The van der Waals surface area contributed by atoms with Gasteiger partial charge < -0.3 is 10.1 Å². The smallest absolute Gasteiger partial charge is 0.303 e. The lowest BCUT2D eigenvalue weighted by atomic mass is 10.1. The van der Waals surface area contributed by atoms with E-state index in [0.717, 1.165) is 5.56 Å². The Bertz CT molecular complexity index is 398. The molecule has 92 valence electrons. The summed E-state index contributed by atoms with van der Waals surface area (Å²) in [6.07, 6.45) is -0.752. The molecule has 1 aromatic carbocycles. The maximum atomic E-state index is 11.5. The van der Waals surface area contributed by atoms with Crippen molar-refractivity contribution in [3.63, 3.8) is 0 Å². The van der Waals surface area contributed by atoms with Gasteiger partial charge in [-0.2, -0.15) is 0 Å². The summed E-state index contributed by atoms with van der Waals surface area (Å²) >= 11 is 0. The number of hydrogen-bond acceptors (Lipinski definition) is 3. The number of ether oxygens (including phenoxy) is 1. The molecule has 0 saturated carbocycles. The van der Waals surface area contributed by atoms with Gasteiger partial charge in [-0.3, -0.25) is 9.59 Å². The maximum absolute atomic E-state index is 11.5. The molecule has 0 fully saturated rings. The van der Waals surface area contributed by atoms with Crippen molar-refractivity contribution < 1.29 is 14.3 Å². The Morgan fingerprint density at radius 1 is 1.29 bits per heavy atom. The molecule has 1 amide bonds. The average molecular weight is 235 g/mol. The Kier molecular flexibility index (Phi) is 4.69. The van der Waals surface area contributed by atoms with E-state index in [-0.39, 0.29) is 5.91 Å². The van der Waals surface area contributed by atoms with Crippen molar-refractivity contribution in [2.45, 2.75) is 33.4 Å². The second-order valence-electron chi connectivity index (χ2n) is 3.96. The number of carbonyl (C=O) groups excluding carboxylic acids is 2. The fourth-order valence-electron chi connectivity index (χ4n) is 1.34. The molecule has 0 unspecified atom stereocenters. The van der Waals surface area contributed by atoms with Gasteiger partial charge in [0, 0.05) is 13.5 Å². The number of aryl methyl sites for hydroxylation is 1. The van der Waals surface area contributed by atoms with Gasteiger partial charge in [-0.05, 0) is 19.4 Å². The van der Waals surface area contributed by atoms with Gasteiger partial charge in [-0.25, -0.2) is 0 Å². The summed E-state index contributed by atoms with van der Waals surface area (Å²) < 4.78 is 4.77. The lowest BCUT2D eigenvalue weighted by Crippen LogP contribution is -2.34. The van der Waals surface area contributed by atoms with Crippen molar-refractivity contribution in [3.05, 3.63) is 35.4 Å². The van der Waals surface area contributed by atoms with E-state index in [1.54, 1.807) is 6.92 Å². The third-order valence-corrected chi connectivity index (χ3v) is 2.30. The van der Waals surface area contributed by atoms with Crippen LogP contribution in [-0.4, -0.2) is 18.0 Å². The molecule has 4 nitrogen and oxygen atoms in total. The highest BCUT2D eigenvalue weighted by molar-refractivity contribution is 5.82. The highest BCUT2D eigenvalue weighted by atomic mass is 16.5. The van der Waals surface area contributed by atoms with Crippen LogP contribution in [0.3, 0.4) is 0 Å². The standard InChI is InChI=1S/C13H17NO3/c1-9-4-6-12(7-5-9)8-14-13(16)10(2)17-11(3)15/h4-7,10H,8H2,1-3H3,(H,14,16)/t10-/m0/s1. The van der Waals surface area contributed by atoms with Gasteiger partial charge >= 0.3 is 5.97 Å². The molecule has 1 rings (SSSR count). The van der Waals surface area contributed by atoms with Crippen LogP contribution in [0.4, 0.5) is 0 Å². The molecule has 0 radical (unpaired) electrons. The second kappa shape index (κ2) is 6.03. The molecule has 0 saturated heterocycles. The maximum Gasteiger partial charge on any atom is 0.303 e. The first-order valence-electron chi connectivity index (χ1n) is 5.49. The summed E-state index contributed by atoms with van der Waals surface area (Å²) in [5.74, 6) is -0.747. The second-order valence-corrected chi connectivity index (χ2v) is 3.96. The van der Waals surface area contributed by atoms with Gasteiger partial charge in [0.25, 0.3) is 5.91 Å². The Balaban J connectivity index is 2.42. The third kappa shape index (κ3) is 4.68. The lowest BCUT2D eigenvalue weighted by molar-refractivity contribution is -0.152. The van der Waals surface area contributed by atoms with E-state index in [1.165, 1.54) is 12.5 Å². The molecule has 1 atom stereocenters. The predicted molar refractivity (Wildman–Crippen MR) is 64.3 cm³/mol. The van der Waals surface area contributed by atoms with Crippen molar-refractivity contribution in [2.24, 2.45) is 0 Å². The van der Waals surface area contributed by atoms with E-state index < -0.39 is 12.1 Å². The first-order chi connectivity index (χ1) is 7.99. The first-order valence-corrected chi connectivity index (χ1v) is 5.49. The molecular formula is C13H17NO3. The SMILES string of the molecule is CC(=O)O[C@@H](C)C(=O)NCc1ccc(C)cc1. The molecule has 0 heterocycles. The Labute approximate surface area is 101 Å². The summed E-state index contributed by atoms with van der Waals surface area (Å²) in [7, 11) is 0. The zero-order valence-electron chi connectivity index (χ0n) is 10.3. The Hall–Kier alpha value is -1.84. The summed E-state index contributed by atoms with van der Waals surface area (Å²) in [5, 5.41) is 2.71. The van der Waals surface area contributed by atoms with Crippen molar-refractivity contribution in [1.82, 2.24) is 5.32 Å². The summed E-state index contributed by atoms with van der Waals surface area (Å²) in [6.45, 7) is 5.27. The van der Waals surface area contributed by atoms with Crippen LogP contribution in [0.2, 0.25) is 0 Å². The third-order valence-electron chi connectivity index (χ3n) is 2.30. The highest BCUT2D eigenvalue weighted by Crippen LogP contribution is 2.02. The number of carbonyl (C=O) groups is 2. The average Bonchev–Trinajstić information content (AvgIpc) is 2.27. The van der Waals surface area contributed by atoms with Gasteiger partial charge in [0.05, 0.1) is 0 Å². The van der Waals surface area contributed by atoms with Crippen LogP contribution in [0.15, 0.2) is 24.3 Å². The Morgan fingerprint density at radius 3 is 2.41 bits per heavy atom. The van der Waals surface area contributed by atoms with Crippen LogP contribution in [-0.2, 0) is 20.9 Å². The molecule has 4 heteroatoms. The topological polar surface area (TPSA) is 55.4 Å². The zero-order chi connectivity index (χ0) is 12.8. The molecule has 1 N–H and O–H groups in total. The largest absolute Gasteiger partial charge is 0.453 e. The number of benzene rings is 1. The molecule has 0 aliphatic rings. The molecule has 17 heavy (non-hydrogen) atoms. The van der Waals surface area contributed by atoms with Crippen LogP contribution in [0, 0.1) is 6.92 Å². The first kappa shape index (κ1) is 13.2. The fourth-order valence-corrected chi connectivity index (χ4v) is 1.34. The van der Waals surface area contributed by atoms with E-state index in [4.69, 9.17) is 4.74 Å². The molecule has 0 spiro atoms. The summed E-state index contributed by atoms with van der Waals surface area (Å²) in [5.41, 5.74) is 2.19. The zero-order valence-corrected chi connectivity index (χ0v) is 10.3. The minimum atomic E-state index is -0.752. The number of rotatable bonds is 4. The molecule has 1 aromatic rings. The number of esters is 1. The number of nitrogens with one attached hydrogen (secondary N) is 1. The summed E-state index contributed by atoms with van der Waals surface area (Å²) in [6, 6.07) is 7.87. The van der Waals surface area contributed by atoms with Gasteiger partial charge in [-0.1, -0.05) is 29.8 Å². The van der Waals surface area contributed by atoms with Gasteiger partial charge in [0.15, 0.2) is 6.10 Å². The predicted octanol–water partition coefficient (Wildman–Crippen LogP) is 1.56. The molecule has 0 aliphatic heterocycles. The van der Waals surface area contributed by atoms with Crippen LogP contribution < -0.4 is 5.32 Å². The van der Waals surface area contributed by atoms with Crippen LogP contribution in [0.25, 0.3) is 0 Å². The van der Waals surface area contributed by atoms with E-state index >= 15 is 0 Å². The molecular weight excluding hydrogens is 218 g/mol. The lowest BCUT2D eigenvalue weighted by Gasteiger charge is -2.12. The minimum Gasteiger partial charge on any atom is -0.453 e. The van der Waals surface area contributed by atoms with Crippen molar-refractivity contribution in [2.75, 3.05) is 0 Å². The van der Waals surface area contributed by atoms with E-state index in [1.807, 2.05) is 31.2 Å². The van der Waals surface area contributed by atoms with Gasteiger partial charge in [0.2, 0.25) is 0 Å². The van der Waals surface area contributed by atoms with E-state index in [9.17, 15) is 9.59 Å². The van der Waals surface area contributed by atoms with E-state index in [0.29, 0.717) is 6.54 Å². The normalized spacial score (nSPS) is 11.7. The van der Waals surface area contributed by atoms with E-state index in [2.05, 4.69) is 5.32 Å². The number of amides is 1. The highest BCUT2D eigenvalue weighted by Gasteiger charge is 2.14. The monoisotopic (exact) mass is 235 g/mol. The fraction of sp³-hybridized carbons (Fsp3) is 0.385. The van der Waals surface area contributed by atoms with Crippen molar-refractivity contribution >= 4 is 11.9 Å². The van der Waals surface area contributed by atoms with Crippen molar-refractivity contribution in [3.8, 4) is 0 Å². The molecule has 0 aliphatic carbocycles. The van der Waals surface area contributed by atoms with Crippen LogP contribution in [0.1, 0.15) is 25.0 Å². The quantitative estimate of drug-likeness (QED) is 0.806. The number of hydrogen-bond donors (Lipinski definition) is 1. The minimum absolute atomic E-state index is 0.291. The summed E-state index contributed by atoms with van der Waals surface area (Å²) in [4.78, 5) is 22.2. The molecule has 0 aromatic heterocycles. The van der Waals surface area contributed by atoms with Crippen LogP contribution in [0.5, 0.6) is 0 Å². The Morgan fingerprint density at radius 2 is 1.88 bits per heavy atom.